The van der Waals surface area contributed by atoms with E-state index in [0.29, 0.717) is 60.9 Å². The van der Waals surface area contributed by atoms with E-state index in [1.807, 2.05) is 20.8 Å². The Kier molecular flexibility index (Phi) is 19.6. The maximum Gasteiger partial charge on any atom is 0.306 e. The van der Waals surface area contributed by atoms with Crippen LogP contribution in [0.3, 0.4) is 0 Å². The van der Waals surface area contributed by atoms with Crippen molar-refractivity contribution < 1.29 is 24.2 Å². The second-order valence-corrected chi connectivity index (χ2v) is 13.5. The molecule has 0 unspecified atom stereocenters. The normalized spacial score (nSPS) is 19.2. The quantitative estimate of drug-likeness (QED) is 0.237. The molecule has 0 aromatic carbocycles. The molecule has 1 amide bonds. The van der Waals surface area contributed by atoms with Crippen molar-refractivity contribution in [3.63, 3.8) is 0 Å². The molecular weight excluding hydrogens is 494 g/mol. The maximum absolute atomic E-state index is 11.7. The highest BCUT2D eigenvalue weighted by atomic mass is 16.6. The van der Waals surface area contributed by atoms with Gasteiger partial charge in [0.15, 0.2) is 0 Å². The van der Waals surface area contributed by atoms with Crippen LogP contribution in [0.15, 0.2) is 0 Å². The van der Waals surface area contributed by atoms with Gasteiger partial charge in [-0.25, -0.2) is 0 Å². The minimum Gasteiger partial charge on any atom is -0.481 e. The smallest absolute Gasteiger partial charge is 0.306 e. The molecule has 1 heterocycles. The first-order valence-electron chi connectivity index (χ1n) is 14.9. The first-order chi connectivity index (χ1) is 17.8. The lowest BCUT2D eigenvalue weighted by Gasteiger charge is -2.27. The summed E-state index contributed by atoms with van der Waals surface area (Å²) in [6.07, 6.45) is 1.35. The first kappa shape index (κ1) is 39.5. The van der Waals surface area contributed by atoms with Crippen LogP contribution in [0.4, 0.5) is 0 Å². The number of nitrogens with one attached hydrogen (secondary N) is 1. The van der Waals surface area contributed by atoms with E-state index in [-0.39, 0.29) is 30.1 Å². The van der Waals surface area contributed by atoms with Crippen LogP contribution in [0.5, 0.6) is 0 Å². The molecule has 8 nitrogen and oxygen atoms in total. The van der Waals surface area contributed by atoms with Gasteiger partial charge < -0.3 is 26.6 Å². The summed E-state index contributed by atoms with van der Waals surface area (Å²) in [4.78, 5) is 33.0. The highest BCUT2D eigenvalue weighted by Gasteiger charge is 2.28. The van der Waals surface area contributed by atoms with Gasteiger partial charge in [-0.1, -0.05) is 62.3 Å². The average Bonchev–Trinajstić information content (AvgIpc) is 3.24. The highest BCUT2D eigenvalue weighted by molar-refractivity contribution is 5.78. The van der Waals surface area contributed by atoms with Crippen molar-refractivity contribution in [2.24, 2.45) is 64.7 Å². The zero-order valence-corrected chi connectivity index (χ0v) is 27.2. The predicted octanol–water partition coefficient (Wildman–Crippen LogP) is 5.33. The standard InChI is InChI=1S/C13H27NO2.C9H19NO2.C9H17NO/c1-9(2)10(3)11(8-14)7-12(15)16-13(4,5)6;1-6(2)7(3)8(5-10)4-9(11)12;1-6(2)7(3)8-4-9(11)10-5-8/h9-11H,7-8,14H2,1-6H3;6-8H,4-5,10H2,1-3H3,(H,11,12);6-8H,4-5H2,1-3H3,(H,10,11)/t10-,11-;2*7-,8-/m000/s1. The number of ether oxygens (including phenoxy) is 1. The molecule has 0 radical (unpaired) electrons. The van der Waals surface area contributed by atoms with Crippen molar-refractivity contribution >= 4 is 17.8 Å². The molecule has 8 heteroatoms. The fraction of sp³-hybridized carbons (Fsp3) is 0.903. The summed E-state index contributed by atoms with van der Waals surface area (Å²) in [5.74, 6) is 3.44. The molecule has 0 aromatic rings. The zero-order chi connectivity index (χ0) is 31.1. The Bertz CT molecular complexity index is 703. The van der Waals surface area contributed by atoms with Gasteiger partial charge >= 0.3 is 11.9 Å². The number of carboxylic acids is 1. The molecule has 1 aliphatic heterocycles. The maximum atomic E-state index is 11.7. The summed E-state index contributed by atoms with van der Waals surface area (Å²) in [6.45, 7) is 26.9. The second kappa shape index (κ2) is 19.4. The Labute approximate surface area is 239 Å². The van der Waals surface area contributed by atoms with E-state index >= 15 is 0 Å². The Hall–Kier alpha value is -1.67. The Morgan fingerprint density at radius 1 is 0.872 bits per heavy atom. The van der Waals surface area contributed by atoms with Gasteiger partial charge in [0.25, 0.3) is 0 Å². The Balaban J connectivity index is 0. The summed E-state index contributed by atoms with van der Waals surface area (Å²) < 4.78 is 5.31. The molecule has 0 aliphatic carbocycles. The summed E-state index contributed by atoms with van der Waals surface area (Å²) in [6, 6.07) is 0. The van der Waals surface area contributed by atoms with Crippen molar-refractivity contribution in [1.82, 2.24) is 5.32 Å². The number of hydrogen-bond acceptors (Lipinski definition) is 6. The fourth-order valence-electron chi connectivity index (χ4n) is 4.42. The minimum absolute atomic E-state index is 0.113. The number of aliphatic carboxylic acids is 1. The number of esters is 1. The summed E-state index contributed by atoms with van der Waals surface area (Å²) in [7, 11) is 0. The van der Waals surface area contributed by atoms with Crippen LogP contribution in [0, 0.1) is 53.3 Å². The molecule has 1 fully saturated rings. The van der Waals surface area contributed by atoms with E-state index in [1.165, 1.54) is 0 Å². The summed E-state index contributed by atoms with van der Waals surface area (Å²) in [5.41, 5.74) is 10.8. The van der Waals surface area contributed by atoms with Gasteiger partial charge in [-0.3, -0.25) is 14.4 Å². The van der Waals surface area contributed by atoms with E-state index in [0.717, 1.165) is 13.0 Å². The summed E-state index contributed by atoms with van der Waals surface area (Å²) >= 11 is 0. The van der Waals surface area contributed by atoms with Gasteiger partial charge in [-0.15, -0.1) is 0 Å². The second-order valence-electron chi connectivity index (χ2n) is 13.5. The molecule has 1 aliphatic rings. The van der Waals surface area contributed by atoms with E-state index in [1.54, 1.807) is 0 Å². The molecule has 0 spiro atoms. The van der Waals surface area contributed by atoms with E-state index in [2.05, 4.69) is 67.6 Å². The third-order valence-electron chi connectivity index (χ3n) is 8.29. The van der Waals surface area contributed by atoms with E-state index in [4.69, 9.17) is 21.3 Å². The monoisotopic (exact) mass is 557 g/mol. The van der Waals surface area contributed by atoms with Crippen molar-refractivity contribution in [3.8, 4) is 0 Å². The molecule has 6 atom stereocenters. The minimum atomic E-state index is -0.752. The molecule has 0 aromatic heterocycles. The van der Waals surface area contributed by atoms with E-state index < -0.39 is 11.6 Å². The number of carbonyl (C=O) groups is 3. The van der Waals surface area contributed by atoms with Gasteiger partial charge in [0.05, 0.1) is 0 Å². The van der Waals surface area contributed by atoms with Crippen LogP contribution in [0.25, 0.3) is 0 Å². The number of nitrogens with two attached hydrogens (primary N) is 2. The van der Waals surface area contributed by atoms with Crippen molar-refractivity contribution in [2.75, 3.05) is 19.6 Å². The molecule has 1 rings (SSSR count). The average molecular weight is 558 g/mol. The van der Waals surface area contributed by atoms with Crippen LogP contribution in [0.1, 0.15) is 102 Å². The Morgan fingerprint density at radius 2 is 1.31 bits per heavy atom. The number of amides is 1. The van der Waals surface area contributed by atoms with Crippen molar-refractivity contribution in [2.45, 2.75) is 108 Å². The fourth-order valence-corrected chi connectivity index (χ4v) is 4.42. The van der Waals surface area contributed by atoms with Crippen molar-refractivity contribution in [1.29, 1.82) is 0 Å². The number of carbonyl (C=O) groups excluding carboxylic acids is 2. The SMILES string of the molecule is CC(C)[C@H](C)[C@@H]1CNC(=O)C1.CC(C)[C@H](C)[C@H](CN)CC(=O)O.CC(C)[C@H](C)[C@H](CN)CC(=O)OC(C)(C)C. The van der Waals surface area contributed by atoms with E-state index in [9.17, 15) is 14.4 Å². The van der Waals surface area contributed by atoms with Gasteiger partial charge in [-0.05, 0) is 87.1 Å². The molecule has 6 N–H and O–H groups in total. The van der Waals surface area contributed by atoms with Crippen LogP contribution in [0.2, 0.25) is 0 Å². The third kappa shape index (κ3) is 18.3. The van der Waals surface area contributed by atoms with Crippen LogP contribution >= 0.6 is 0 Å². The number of carboxylic acid groups (broad SMARTS) is 1. The number of rotatable bonds is 12. The molecule has 1 saturated heterocycles. The Morgan fingerprint density at radius 3 is 1.59 bits per heavy atom. The van der Waals surface area contributed by atoms with Gasteiger partial charge in [0, 0.05) is 25.8 Å². The lowest BCUT2D eigenvalue weighted by Crippen LogP contribution is -2.31. The molecule has 39 heavy (non-hydrogen) atoms. The lowest BCUT2D eigenvalue weighted by atomic mass is 9.83. The third-order valence-corrected chi connectivity index (χ3v) is 8.29. The predicted molar refractivity (Wildman–Crippen MR) is 161 cm³/mol. The molecule has 232 valence electrons. The summed E-state index contributed by atoms with van der Waals surface area (Å²) in [5, 5.41) is 11.5. The van der Waals surface area contributed by atoms with Crippen LogP contribution < -0.4 is 16.8 Å². The van der Waals surface area contributed by atoms with Gasteiger partial charge in [0.2, 0.25) is 5.91 Å². The molecular formula is C31H63N3O5. The van der Waals surface area contributed by atoms with Crippen molar-refractivity contribution in [3.05, 3.63) is 0 Å². The topological polar surface area (TPSA) is 145 Å². The largest absolute Gasteiger partial charge is 0.481 e. The molecule has 0 saturated carbocycles. The van der Waals surface area contributed by atoms with Gasteiger partial charge in [0.1, 0.15) is 5.60 Å². The number of hydrogen-bond donors (Lipinski definition) is 4. The lowest BCUT2D eigenvalue weighted by molar-refractivity contribution is -0.156. The highest BCUT2D eigenvalue weighted by Crippen LogP contribution is 2.26. The van der Waals surface area contributed by atoms with Crippen LogP contribution in [-0.2, 0) is 19.1 Å². The first-order valence-corrected chi connectivity index (χ1v) is 14.9. The molecule has 0 bridgehead atoms. The van der Waals surface area contributed by atoms with Gasteiger partial charge in [-0.2, -0.15) is 0 Å². The van der Waals surface area contributed by atoms with Crippen LogP contribution in [-0.4, -0.2) is 48.2 Å². The zero-order valence-electron chi connectivity index (χ0n) is 27.2.